The first-order valence-corrected chi connectivity index (χ1v) is 2.81. The number of nitrogens with zero attached hydrogens (tertiary/aromatic N) is 1. The Labute approximate surface area is 60.4 Å². The van der Waals surface area contributed by atoms with Crippen LogP contribution in [0.15, 0.2) is 12.3 Å². The third-order valence-corrected chi connectivity index (χ3v) is 1.12. The van der Waals surface area contributed by atoms with Gasteiger partial charge in [-0.25, -0.2) is 5.01 Å². The van der Waals surface area contributed by atoms with E-state index in [1.54, 1.807) is 0 Å². The van der Waals surface area contributed by atoms with Gasteiger partial charge in [0.15, 0.2) is 0 Å². The predicted molar refractivity (Wildman–Crippen MR) is 30.0 cm³/mol. The topological polar surface area (TPSA) is 32.3 Å². The Morgan fingerprint density at radius 1 is 1.55 bits per heavy atom. The molecule has 62 valence electrons. The van der Waals surface area contributed by atoms with E-state index in [9.17, 15) is 18.0 Å². The van der Waals surface area contributed by atoms with E-state index in [2.05, 4.69) is 5.43 Å². The van der Waals surface area contributed by atoms with Crippen molar-refractivity contribution < 1.29 is 18.0 Å². The lowest BCUT2D eigenvalue weighted by Gasteiger charge is -2.17. The van der Waals surface area contributed by atoms with Crippen LogP contribution in [0.25, 0.3) is 0 Å². The molecule has 1 heterocycles. The normalized spacial score (nSPS) is 16.8. The molecule has 0 radical (unpaired) electrons. The average molecular weight is 166 g/mol. The van der Waals surface area contributed by atoms with Crippen molar-refractivity contribution in [2.75, 3.05) is 6.54 Å². The van der Waals surface area contributed by atoms with Crippen molar-refractivity contribution in [1.82, 2.24) is 10.4 Å². The van der Waals surface area contributed by atoms with Gasteiger partial charge in [0.1, 0.15) is 0 Å². The quantitative estimate of drug-likeness (QED) is 0.565. The SMILES string of the molecule is O=C(N1CC=CN1)C(F)(F)F. The van der Waals surface area contributed by atoms with Crippen LogP contribution in [0.4, 0.5) is 13.2 Å². The van der Waals surface area contributed by atoms with Crippen LogP contribution >= 0.6 is 0 Å². The number of hydrogen-bond donors (Lipinski definition) is 1. The van der Waals surface area contributed by atoms with E-state index >= 15 is 0 Å². The van der Waals surface area contributed by atoms with Crippen molar-refractivity contribution >= 4 is 5.91 Å². The summed E-state index contributed by atoms with van der Waals surface area (Å²) in [4.78, 5) is 10.4. The van der Waals surface area contributed by atoms with Crippen LogP contribution < -0.4 is 5.43 Å². The molecular weight excluding hydrogens is 161 g/mol. The zero-order valence-corrected chi connectivity index (χ0v) is 5.35. The molecule has 0 aliphatic carbocycles. The second kappa shape index (κ2) is 2.44. The molecule has 0 spiro atoms. The minimum absolute atomic E-state index is 0.0433. The zero-order chi connectivity index (χ0) is 8.48. The lowest BCUT2D eigenvalue weighted by atomic mass is 10.5. The monoisotopic (exact) mass is 166 g/mol. The van der Waals surface area contributed by atoms with Crippen molar-refractivity contribution in [2.45, 2.75) is 6.18 Å². The molecule has 0 atom stereocenters. The summed E-state index contributed by atoms with van der Waals surface area (Å²) in [5.41, 5.74) is 2.15. The highest BCUT2D eigenvalue weighted by Crippen LogP contribution is 2.17. The van der Waals surface area contributed by atoms with Crippen LogP contribution in [-0.2, 0) is 4.79 Å². The summed E-state index contributed by atoms with van der Waals surface area (Å²) < 4.78 is 34.9. The Hall–Kier alpha value is -1.20. The fourth-order valence-corrected chi connectivity index (χ4v) is 0.648. The van der Waals surface area contributed by atoms with Gasteiger partial charge in [-0.1, -0.05) is 0 Å². The van der Waals surface area contributed by atoms with Gasteiger partial charge in [-0.05, 0) is 6.08 Å². The summed E-state index contributed by atoms with van der Waals surface area (Å²) in [6.07, 6.45) is -2.09. The fourth-order valence-electron chi connectivity index (χ4n) is 0.648. The molecule has 0 saturated carbocycles. The molecule has 1 aliphatic rings. The van der Waals surface area contributed by atoms with Crippen LogP contribution in [-0.4, -0.2) is 23.6 Å². The smallest absolute Gasteiger partial charge is 0.303 e. The lowest BCUT2D eigenvalue weighted by molar-refractivity contribution is -0.186. The Bertz CT molecular complexity index is 190. The summed E-state index contributed by atoms with van der Waals surface area (Å²) in [6, 6.07) is 0. The van der Waals surface area contributed by atoms with Gasteiger partial charge >= 0.3 is 12.1 Å². The highest BCUT2D eigenvalue weighted by atomic mass is 19.4. The number of hydrogen-bond acceptors (Lipinski definition) is 2. The van der Waals surface area contributed by atoms with E-state index in [1.807, 2.05) is 0 Å². The fraction of sp³-hybridized carbons (Fsp3) is 0.400. The molecule has 0 aromatic heterocycles. The van der Waals surface area contributed by atoms with Gasteiger partial charge in [-0.3, -0.25) is 4.79 Å². The maximum atomic E-state index is 11.6. The summed E-state index contributed by atoms with van der Waals surface area (Å²) in [7, 11) is 0. The molecule has 0 bridgehead atoms. The van der Waals surface area contributed by atoms with E-state index in [1.165, 1.54) is 12.3 Å². The van der Waals surface area contributed by atoms with Gasteiger partial charge in [-0.2, -0.15) is 13.2 Å². The molecule has 0 fully saturated rings. The predicted octanol–water partition coefficient (Wildman–Crippen LogP) is 0.409. The summed E-state index contributed by atoms with van der Waals surface area (Å²) in [6.45, 7) is -0.0433. The molecule has 1 aliphatic heterocycles. The van der Waals surface area contributed by atoms with Crippen molar-refractivity contribution in [2.24, 2.45) is 0 Å². The second-order valence-corrected chi connectivity index (χ2v) is 1.94. The standard InChI is InChI=1S/C5H5F3N2O/c6-5(7,8)4(11)10-3-1-2-9-10/h1-2,9H,3H2. The molecule has 6 heteroatoms. The third-order valence-electron chi connectivity index (χ3n) is 1.12. The summed E-state index contributed by atoms with van der Waals surface area (Å²) in [5.74, 6) is -1.87. The summed E-state index contributed by atoms with van der Waals surface area (Å²) >= 11 is 0. The van der Waals surface area contributed by atoms with Crippen molar-refractivity contribution in [3.8, 4) is 0 Å². The largest absolute Gasteiger partial charge is 0.473 e. The molecular formula is C5H5F3N2O. The van der Waals surface area contributed by atoms with Gasteiger partial charge in [0.25, 0.3) is 0 Å². The minimum atomic E-state index is -4.79. The zero-order valence-electron chi connectivity index (χ0n) is 5.35. The molecule has 0 aromatic rings. The van der Waals surface area contributed by atoms with E-state index in [0.29, 0.717) is 5.01 Å². The van der Waals surface area contributed by atoms with Crippen molar-refractivity contribution in [3.63, 3.8) is 0 Å². The van der Waals surface area contributed by atoms with Crippen LogP contribution in [0, 0.1) is 0 Å². The Morgan fingerprint density at radius 2 is 2.18 bits per heavy atom. The highest BCUT2D eigenvalue weighted by Gasteiger charge is 2.42. The molecule has 1 rings (SSSR count). The Balaban J connectivity index is 2.55. The van der Waals surface area contributed by atoms with Gasteiger partial charge in [0, 0.05) is 6.20 Å². The number of halogens is 3. The van der Waals surface area contributed by atoms with E-state index in [-0.39, 0.29) is 6.54 Å². The molecule has 1 amide bonds. The molecule has 0 saturated heterocycles. The molecule has 0 aromatic carbocycles. The first-order chi connectivity index (χ1) is 5.02. The number of amides is 1. The molecule has 11 heavy (non-hydrogen) atoms. The van der Waals surface area contributed by atoms with Crippen LogP contribution in [0.3, 0.4) is 0 Å². The van der Waals surface area contributed by atoms with Gasteiger partial charge in [0.2, 0.25) is 0 Å². The van der Waals surface area contributed by atoms with Gasteiger partial charge < -0.3 is 5.43 Å². The lowest BCUT2D eigenvalue weighted by Crippen LogP contribution is -2.44. The minimum Gasteiger partial charge on any atom is -0.303 e. The average Bonchev–Trinajstić information content (AvgIpc) is 2.34. The van der Waals surface area contributed by atoms with Gasteiger partial charge in [0.05, 0.1) is 6.54 Å². The van der Waals surface area contributed by atoms with Crippen molar-refractivity contribution in [3.05, 3.63) is 12.3 Å². The number of carbonyl (C=O) groups excluding carboxylic acids is 1. The summed E-state index contributed by atoms with van der Waals surface area (Å²) in [5, 5.41) is 0.486. The maximum Gasteiger partial charge on any atom is 0.473 e. The molecule has 3 nitrogen and oxygen atoms in total. The van der Waals surface area contributed by atoms with E-state index in [0.717, 1.165) is 0 Å². The first kappa shape index (κ1) is 7.90. The number of rotatable bonds is 0. The van der Waals surface area contributed by atoms with Crippen LogP contribution in [0.2, 0.25) is 0 Å². The van der Waals surface area contributed by atoms with Crippen LogP contribution in [0.1, 0.15) is 0 Å². The Morgan fingerprint density at radius 3 is 2.55 bits per heavy atom. The molecule has 0 unspecified atom stereocenters. The number of hydrazine groups is 1. The molecule has 1 N–H and O–H groups in total. The van der Waals surface area contributed by atoms with Crippen LogP contribution in [0.5, 0.6) is 0 Å². The van der Waals surface area contributed by atoms with Gasteiger partial charge in [-0.15, -0.1) is 0 Å². The first-order valence-electron chi connectivity index (χ1n) is 2.81. The highest BCUT2D eigenvalue weighted by molar-refractivity contribution is 5.81. The second-order valence-electron chi connectivity index (χ2n) is 1.94. The Kier molecular flexibility index (Phi) is 1.76. The number of nitrogens with one attached hydrogen (secondary N) is 1. The number of alkyl halides is 3. The van der Waals surface area contributed by atoms with E-state index < -0.39 is 12.1 Å². The van der Waals surface area contributed by atoms with E-state index in [4.69, 9.17) is 0 Å². The van der Waals surface area contributed by atoms with Crippen molar-refractivity contribution in [1.29, 1.82) is 0 Å². The number of carbonyl (C=O) groups is 1. The maximum absolute atomic E-state index is 11.6. The third kappa shape index (κ3) is 1.63.